The van der Waals surface area contributed by atoms with Crippen molar-refractivity contribution < 1.29 is 51.0 Å². The van der Waals surface area contributed by atoms with Crippen LogP contribution >= 0.6 is 0 Å². The van der Waals surface area contributed by atoms with Crippen molar-refractivity contribution in [1.82, 2.24) is 0 Å². The molecule has 2 aromatic rings. The quantitative estimate of drug-likeness (QED) is 0.240. The van der Waals surface area contributed by atoms with E-state index in [4.69, 9.17) is 19.1 Å². The van der Waals surface area contributed by atoms with Gasteiger partial charge in [0.2, 0.25) is 0 Å². The molecule has 0 aliphatic heterocycles. The number of anilines is 2. The van der Waals surface area contributed by atoms with E-state index < -0.39 is 53.3 Å². The normalized spacial score (nSPS) is 11.0. The topological polar surface area (TPSA) is 119 Å². The van der Waals surface area contributed by atoms with Crippen molar-refractivity contribution in [3.63, 3.8) is 0 Å². The van der Waals surface area contributed by atoms with Crippen molar-refractivity contribution in [2.75, 3.05) is 23.3 Å². The number of esters is 2. The highest BCUT2D eigenvalue weighted by molar-refractivity contribution is 6.04. The minimum Gasteiger partial charge on any atom is -0.461 e. The van der Waals surface area contributed by atoms with Crippen LogP contribution in [-0.4, -0.2) is 56.7 Å². The SMILES string of the molecule is C=O.C=O.CC(=O)O[C@H](C)CN(C[C@H](C)OC(C)=O)c1cc(C(=O)Nc2cc(F)c(F)c(F)c2)ccc1F.CCC. The molecule has 0 radical (unpaired) electrons. The fourth-order valence-corrected chi connectivity index (χ4v) is 3.26. The van der Waals surface area contributed by atoms with Gasteiger partial charge in [0, 0.05) is 37.2 Å². The van der Waals surface area contributed by atoms with Gasteiger partial charge in [-0.05, 0) is 32.0 Å². The van der Waals surface area contributed by atoms with Crippen LogP contribution in [0.1, 0.15) is 58.3 Å². The van der Waals surface area contributed by atoms with Crippen LogP contribution < -0.4 is 10.2 Å². The van der Waals surface area contributed by atoms with Crippen LogP contribution in [0.25, 0.3) is 0 Å². The van der Waals surface area contributed by atoms with E-state index in [9.17, 15) is 31.9 Å². The third kappa shape index (κ3) is 14.6. The predicted molar refractivity (Wildman–Crippen MR) is 146 cm³/mol. The first kappa shape index (κ1) is 38.9. The number of ether oxygens (including phenoxy) is 2. The number of nitrogens with one attached hydrogen (secondary N) is 1. The Bertz CT molecular complexity index is 1090. The Kier molecular flexibility index (Phi) is 19.5. The van der Waals surface area contributed by atoms with Crippen LogP contribution in [0.5, 0.6) is 0 Å². The number of hydrogen-bond donors (Lipinski definition) is 1. The minimum absolute atomic E-state index is 0.00155. The van der Waals surface area contributed by atoms with Crippen molar-refractivity contribution in [3.05, 3.63) is 59.2 Å². The molecule has 2 aromatic carbocycles. The van der Waals surface area contributed by atoms with Crippen molar-refractivity contribution in [1.29, 1.82) is 0 Å². The Hall–Kier alpha value is -4.29. The first-order valence-electron chi connectivity index (χ1n) is 12.2. The lowest BCUT2D eigenvalue weighted by molar-refractivity contribution is -0.145. The fraction of sp³-hybridized carbons (Fsp3) is 0.393. The summed E-state index contributed by atoms with van der Waals surface area (Å²) in [4.78, 5) is 52.6. The lowest BCUT2D eigenvalue weighted by Gasteiger charge is -2.30. The van der Waals surface area contributed by atoms with Crippen LogP contribution in [0.2, 0.25) is 0 Å². The average molecular weight is 589 g/mol. The second-order valence-electron chi connectivity index (χ2n) is 8.33. The molecule has 0 bridgehead atoms. The maximum Gasteiger partial charge on any atom is 0.302 e. The molecule has 228 valence electrons. The summed E-state index contributed by atoms with van der Waals surface area (Å²) >= 11 is 0. The van der Waals surface area contributed by atoms with Crippen LogP contribution in [-0.2, 0) is 28.7 Å². The molecule has 0 aliphatic carbocycles. The van der Waals surface area contributed by atoms with Gasteiger partial charge < -0.3 is 29.3 Å². The van der Waals surface area contributed by atoms with Crippen LogP contribution in [0.15, 0.2) is 30.3 Å². The van der Waals surface area contributed by atoms with Gasteiger partial charge >= 0.3 is 11.9 Å². The fourth-order valence-electron chi connectivity index (χ4n) is 3.26. The summed E-state index contributed by atoms with van der Waals surface area (Å²) in [6, 6.07) is 4.55. The molecule has 0 saturated carbocycles. The van der Waals surface area contributed by atoms with E-state index in [-0.39, 0.29) is 30.0 Å². The summed E-state index contributed by atoms with van der Waals surface area (Å²) in [6.07, 6.45) is -0.104. The van der Waals surface area contributed by atoms with Crippen LogP contribution in [0.3, 0.4) is 0 Å². The van der Waals surface area contributed by atoms with Gasteiger partial charge in [-0.1, -0.05) is 20.3 Å². The molecule has 1 N–H and O–H groups in total. The molecule has 0 heterocycles. The molecule has 13 heteroatoms. The number of carbonyl (C=O) groups excluding carboxylic acids is 5. The number of benzene rings is 2. The van der Waals surface area contributed by atoms with E-state index in [1.807, 2.05) is 13.6 Å². The summed E-state index contributed by atoms with van der Waals surface area (Å²) in [5, 5.41) is 2.22. The Morgan fingerprint density at radius 2 is 1.22 bits per heavy atom. The Labute approximate surface area is 236 Å². The smallest absolute Gasteiger partial charge is 0.302 e. The lowest BCUT2D eigenvalue weighted by Crippen LogP contribution is -2.39. The number of rotatable bonds is 9. The third-order valence-corrected chi connectivity index (χ3v) is 4.48. The number of carbonyl (C=O) groups is 5. The Balaban J connectivity index is 0. The monoisotopic (exact) mass is 588 g/mol. The molecule has 0 unspecified atom stereocenters. The van der Waals surface area contributed by atoms with Crippen molar-refractivity contribution in [2.24, 2.45) is 0 Å². The van der Waals surface area contributed by atoms with Gasteiger partial charge in [-0.3, -0.25) is 14.4 Å². The lowest BCUT2D eigenvalue weighted by atomic mass is 10.1. The van der Waals surface area contributed by atoms with Crippen molar-refractivity contribution in [3.8, 4) is 0 Å². The second-order valence-corrected chi connectivity index (χ2v) is 8.33. The van der Waals surface area contributed by atoms with Gasteiger partial charge in [0.15, 0.2) is 17.5 Å². The zero-order valence-corrected chi connectivity index (χ0v) is 23.9. The van der Waals surface area contributed by atoms with E-state index in [1.165, 1.54) is 31.2 Å². The van der Waals surface area contributed by atoms with Gasteiger partial charge in [0.05, 0.1) is 18.8 Å². The van der Waals surface area contributed by atoms with Gasteiger partial charge in [0.25, 0.3) is 5.91 Å². The highest BCUT2D eigenvalue weighted by Crippen LogP contribution is 2.24. The molecular weight excluding hydrogens is 552 g/mol. The summed E-state index contributed by atoms with van der Waals surface area (Å²) in [5.41, 5.74) is -0.481. The van der Waals surface area contributed by atoms with E-state index >= 15 is 0 Å². The molecule has 0 saturated heterocycles. The van der Waals surface area contributed by atoms with Crippen LogP contribution in [0.4, 0.5) is 28.9 Å². The Morgan fingerprint density at radius 1 is 0.805 bits per heavy atom. The zero-order chi connectivity index (χ0) is 32.3. The highest BCUT2D eigenvalue weighted by Gasteiger charge is 2.22. The Morgan fingerprint density at radius 3 is 1.61 bits per heavy atom. The van der Waals surface area contributed by atoms with Gasteiger partial charge in [0.1, 0.15) is 31.6 Å². The first-order valence-corrected chi connectivity index (χ1v) is 12.2. The molecular formula is C28H36F4N2O7. The van der Waals surface area contributed by atoms with E-state index in [0.717, 1.165) is 12.1 Å². The van der Waals surface area contributed by atoms with E-state index in [0.29, 0.717) is 12.1 Å². The summed E-state index contributed by atoms with van der Waals surface area (Å²) in [5.74, 6) is -7.31. The summed E-state index contributed by atoms with van der Waals surface area (Å²) in [7, 11) is 0. The van der Waals surface area contributed by atoms with Crippen molar-refractivity contribution in [2.45, 2.75) is 60.2 Å². The molecule has 2 atom stereocenters. The van der Waals surface area contributed by atoms with E-state index in [2.05, 4.69) is 19.2 Å². The molecule has 2 rings (SSSR count). The average Bonchev–Trinajstić information content (AvgIpc) is 2.89. The highest BCUT2D eigenvalue weighted by atomic mass is 19.2. The molecule has 1 amide bonds. The summed E-state index contributed by atoms with van der Waals surface area (Å²) < 4.78 is 65.0. The number of halogens is 4. The maximum atomic E-state index is 14.8. The largest absolute Gasteiger partial charge is 0.461 e. The molecule has 0 spiro atoms. The maximum absolute atomic E-state index is 14.8. The third-order valence-electron chi connectivity index (χ3n) is 4.48. The summed E-state index contributed by atoms with van der Waals surface area (Å²) in [6.45, 7) is 13.8. The predicted octanol–water partition coefficient (Wildman–Crippen LogP) is 5.25. The second kappa shape index (κ2) is 20.6. The molecule has 9 nitrogen and oxygen atoms in total. The number of amides is 1. The zero-order valence-electron chi connectivity index (χ0n) is 23.9. The van der Waals surface area contributed by atoms with Crippen LogP contribution in [0, 0.1) is 23.3 Å². The van der Waals surface area contributed by atoms with Crippen molar-refractivity contribution >= 4 is 42.8 Å². The van der Waals surface area contributed by atoms with Gasteiger partial charge in [-0.2, -0.15) is 0 Å². The molecule has 0 aliphatic rings. The minimum atomic E-state index is -1.68. The first-order chi connectivity index (χ1) is 19.3. The number of hydrogen-bond acceptors (Lipinski definition) is 8. The van der Waals surface area contributed by atoms with Gasteiger partial charge in [-0.25, -0.2) is 17.6 Å². The molecule has 0 fully saturated rings. The standard InChI is InChI=1S/C23H24F4N2O5.C3H8.2CH2O/c1-12(33-14(3)30)10-29(11-13(2)34-15(4)31)21-7-16(5-6-18(21)24)23(32)28-17-8-19(25)22(27)20(26)9-17;1-3-2;2*1-2/h5-9,12-13H,10-11H2,1-4H3,(H,28,32);3H2,1-2H3;2*1H2/t12-,13+;;;. The molecule has 0 aromatic heterocycles. The molecule has 41 heavy (non-hydrogen) atoms. The number of nitrogens with zero attached hydrogens (tertiary/aromatic N) is 1. The van der Waals surface area contributed by atoms with Gasteiger partial charge in [-0.15, -0.1) is 0 Å². The van der Waals surface area contributed by atoms with E-state index in [1.54, 1.807) is 13.8 Å².